The summed E-state index contributed by atoms with van der Waals surface area (Å²) in [4.78, 5) is 19.1. The lowest BCUT2D eigenvalue weighted by atomic mass is 9.87. The first-order valence-electron chi connectivity index (χ1n) is 9.00. The molecule has 3 aliphatic heterocycles. The van der Waals surface area contributed by atoms with Gasteiger partial charge < -0.3 is 4.74 Å². The van der Waals surface area contributed by atoms with Crippen LogP contribution < -0.4 is 0 Å². The summed E-state index contributed by atoms with van der Waals surface area (Å²) in [6.45, 7) is 18.0. The Morgan fingerprint density at radius 2 is 1.52 bits per heavy atom. The van der Waals surface area contributed by atoms with Crippen LogP contribution >= 0.6 is 0 Å². The maximum absolute atomic E-state index is 12.1. The number of piperidine rings is 1. The minimum atomic E-state index is -0.245. The molecule has 0 bridgehead atoms. The van der Waals surface area contributed by atoms with E-state index in [1.54, 1.807) is 0 Å². The SMILES string of the molecule is CC(C)(C)N1CCC(N2CC3(C2)CN(C(C)(C)C)C(=O)O3)CC1. The van der Waals surface area contributed by atoms with Gasteiger partial charge in [0, 0.05) is 43.3 Å². The summed E-state index contributed by atoms with van der Waals surface area (Å²) in [6.07, 6.45) is 2.31. The molecule has 0 N–H and O–H groups in total. The van der Waals surface area contributed by atoms with Crippen LogP contribution in [0.25, 0.3) is 0 Å². The van der Waals surface area contributed by atoms with Gasteiger partial charge in [-0.2, -0.15) is 0 Å². The smallest absolute Gasteiger partial charge is 0.411 e. The van der Waals surface area contributed by atoms with Gasteiger partial charge in [-0.25, -0.2) is 4.79 Å². The molecule has 3 rings (SSSR count). The number of hydrogen-bond acceptors (Lipinski definition) is 4. The van der Waals surface area contributed by atoms with Crippen LogP contribution in [0, 0.1) is 0 Å². The number of amides is 1. The van der Waals surface area contributed by atoms with Crippen LogP contribution in [0.5, 0.6) is 0 Å². The number of rotatable bonds is 1. The highest BCUT2D eigenvalue weighted by atomic mass is 16.6. The van der Waals surface area contributed by atoms with Crippen molar-refractivity contribution in [3.05, 3.63) is 0 Å². The first-order chi connectivity index (χ1) is 10.5. The van der Waals surface area contributed by atoms with Crippen LogP contribution in [0.15, 0.2) is 0 Å². The van der Waals surface area contributed by atoms with Crippen molar-refractivity contribution in [2.24, 2.45) is 0 Å². The summed E-state index contributed by atoms with van der Waals surface area (Å²) in [5.41, 5.74) is -0.125. The van der Waals surface area contributed by atoms with Crippen molar-refractivity contribution in [2.75, 3.05) is 32.7 Å². The molecule has 3 heterocycles. The summed E-state index contributed by atoms with van der Waals surface area (Å²) in [5.74, 6) is 0. The zero-order chi connectivity index (χ0) is 17.0. The summed E-state index contributed by atoms with van der Waals surface area (Å²) < 4.78 is 5.76. The molecule has 5 nitrogen and oxygen atoms in total. The van der Waals surface area contributed by atoms with Gasteiger partial charge in [0.1, 0.15) is 0 Å². The van der Waals surface area contributed by atoms with Crippen molar-refractivity contribution in [3.8, 4) is 0 Å². The van der Waals surface area contributed by atoms with E-state index >= 15 is 0 Å². The number of likely N-dealkylation sites (tertiary alicyclic amines) is 2. The molecule has 0 atom stereocenters. The molecule has 3 saturated heterocycles. The fraction of sp³-hybridized carbons (Fsp3) is 0.944. The highest BCUT2D eigenvalue weighted by molar-refractivity contribution is 5.72. The Balaban J connectivity index is 1.52. The van der Waals surface area contributed by atoms with Gasteiger partial charge in [-0.15, -0.1) is 0 Å². The van der Waals surface area contributed by atoms with E-state index in [-0.39, 0.29) is 22.8 Å². The molecule has 0 unspecified atom stereocenters. The molecular formula is C18H33N3O2. The molecule has 0 aliphatic carbocycles. The lowest BCUT2D eigenvalue weighted by molar-refractivity contribution is -0.104. The Bertz CT molecular complexity index is 464. The Labute approximate surface area is 140 Å². The Kier molecular flexibility index (Phi) is 3.96. The van der Waals surface area contributed by atoms with E-state index in [0.29, 0.717) is 6.04 Å². The quantitative estimate of drug-likeness (QED) is 0.743. The van der Waals surface area contributed by atoms with E-state index in [0.717, 1.165) is 19.6 Å². The monoisotopic (exact) mass is 323 g/mol. The fourth-order valence-electron chi connectivity index (χ4n) is 4.15. The van der Waals surface area contributed by atoms with E-state index < -0.39 is 0 Å². The molecule has 0 radical (unpaired) electrons. The predicted molar refractivity (Wildman–Crippen MR) is 91.6 cm³/mol. The van der Waals surface area contributed by atoms with Crippen molar-refractivity contribution in [3.63, 3.8) is 0 Å². The Morgan fingerprint density at radius 1 is 0.957 bits per heavy atom. The van der Waals surface area contributed by atoms with Gasteiger partial charge >= 0.3 is 6.09 Å². The van der Waals surface area contributed by atoms with Crippen LogP contribution in [0.1, 0.15) is 54.4 Å². The minimum absolute atomic E-state index is 0.139. The zero-order valence-electron chi connectivity index (χ0n) is 15.7. The molecule has 0 aromatic heterocycles. The van der Waals surface area contributed by atoms with Crippen LogP contribution in [0.3, 0.4) is 0 Å². The molecule has 5 heteroatoms. The van der Waals surface area contributed by atoms with E-state index in [1.165, 1.54) is 25.9 Å². The highest BCUT2D eigenvalue weighted by Crippen LogP contribution is 2.38. The first-order valence-corrected chi connectivity index (χ1v) is 9.00. The fourth-order valence-corrected chi connectivity index (χ4v) is 4.15. The standard InChI is InChI=1S/C18H33N3O2/c1-16(2,3)20-9-7-14(8-10-20)19-11-18(12-19)13-21(15(22)23-18)17(4,5)6/h14H,7-13H2,1-6H3. The van der Waals surface area contributed by atoms with Crippen molar-refractivity contribution in [1.29, 1.82) is 0 Å². The highest BCUT2D eigenvalue weighted by Gasteiger charge is 2.56. The number of ether oxygens (including phenoxy) is 1. The maximum Gasteiger partial charge on any atom is 0.411 e. The maximum atomic E-state index is 12.1. The summed E-state index contributed by atoms with van der Waals surface area (Å²) >= 11 is 0. The van der Waals surface area contributed by atoms with Gasteiger partial charge in [-0.3, -0.25) is 14.7 Å². The van der Waals surface area contributed by atoms with E-state index in [2.05, 4.69) is 51.3 Å². The number of carbonyl (C=O) groups excluding carboxylic acids is 1. The van der Waals surface area contributed by atoms with E-state index in [4.69, 9.17) is 4.74 Å². The second-order valence-electron chi connectivity index (χ2n) is 9.60. The van der Waals surface area contributed by atoms with Crippen LogP contribution in [0.2, 0.25) is 0 Å². The molecule has 132 valence electrons. The summed E-state index contributed by atoms with van der Waals surface area (Å²) in [7, 11) is 0. The molecule has 3 fully saturated rings. The normalized spacial score (nSPS) is 27.4. The van der Waals surface area contributed by atoms with Gasteiger partial charge in [0.05, 0.1) is 6.54 Å². The van der Waals surface area contributed by atoms with Crippen LogP contribution in [-0.2, 0) is 4.74 Å². The zero-order valence-corrected chi connectivity index (χ0v) is 15.7. The van der Waals surface area contributed by atoms with Crippen molar-refractivity contribution >= 4 is 6.09 Å². The molecule has 3 aliphatic rings. The van der Waals surface area contributed by atoms with Gasteiger partial charge in [0.15, 0.2) is 5.60 Å². The van der Waals surface area contributed by atoms with Gasteiger partial charge in [-0.05, 0) is 54.4 Å². The second kappa shape index (κ2) is 5.35. The van der Waals surface area contributed by atoms with Crippen LogP contribution in [0.4, 0.5) is 4.79 Å². The lowest BCUT2D eigenvalue weighted by Gasteiger charge is -2.52. The number of carbonyl (C=O) groups is 1. The molecule has 1 spiro atoms. The van der Waals surface area contributed by atoms with Crippen molar-refractivity contribution in [1.82, 2.24) is 14.7 Å². The molecule has 23 heavy (non-hydrogen) atoms. The van der Waals surface area contributed by atoms with Crippen molar-refractivity contribution < 1.29 is 9.53 Å². The van der Waals surface area contributed by atoms with E-state index in [9.17, 15) is 4.79 Å². The Hall–Kier alpha value is -0.810. The molecule has 0 saturated carbocycles. The number of nitrogens with zero attached hydrogens (tertiary/aromatic N) is 3. The van der Waals surface area contributed by atoms with Gasteiger partial charge in [0.25, 0.3) is 0 Å². The average molecular weight is 323 g/mol. The van der Waals surface area contributed by atoms with E-state index in [1.807, 2.05) is 4.90 Å². The predicted octanol–water partition coefficient (Wildman–Crippen LogP) is 2.55. The van der Waals surface area contributed by atoms with Crippen molar-refractivity contribution in [2.45, 2.75) is 77.1 Å². The first kappa shape index (κ1) is 17.0. The third-order valence-corrected chi connectivity index (χ3v) is 5.69. The Morgan fingerprint density at radius 3 is 1.96 bits per heavy atom. The molecule has 0 aromatic carbocycles. The molecule has 1 amide bonds. The molecular weight excluding hydrogens is 290 g/mol. The van der Waals surface area contributed by atoms with Gasteiger partial charge in [-0.1, -0.05) is 0 Å². The third-order valence-electron chi connectivity index (χ3n) is 5.69. The summed E-state index contributed by atoms with van der Waals surface area (Å²) in [5, 5.41) is 0. The largest absolute Gasteiger partial charge is 0.438 e. The van der Waals surface area contributed by atoms with Gasteiger partial charge in [0.2, 0.25) is 0 Å². The van der Waals surface area contributed by atoms with Crippen LogP contribution in [-0.4, -0.2) is 76.2 Å². The lowest BCUT2D eigenvalue weighted by Crippen LogP contribution is -2.68. The average Bonchev–Trinajstić information content (AvgIpc) is 2.74. The number of hydrogen-bond donors (Lipinski definition) is 0. The summed E-state index contributed by atoms with van der Waals surface area (Å²) in [6, 6.07) is 0.654. The topological polar surface area (TPSA) is 36.0 Å². The third kappa shape index (κ3) is 3.22. The second-order valence-corrected chi connectivity index (χ2v) is 9.60. The minimum Gasteiger partial charge on any atom is -0.438 e. The molecule has 0 aromatic rings.